The zero-order valence-electron chi connectivity index (χ0n) is 14.8. The summed E-state index contributed by atoms with van der Waals surface area (Å²) in [4.78, 5) is 4.74. The number of nitrogens with two attached hydrogens (primary N) is 1. The van der Waals surface area contributed by atoms with Gasteiger partial charge in [-0.15, -0.1) is 0 Å². The topological polar surface area (TPSA) is 78.0 Å². The summed E-state index contributed by atoms with van der Waals surface area (Å²) in [5.74, 6) is 0.784. The molecule has 0 saturated heterocycles. The maximum atomic E-state index is 11.6. The number of aromatic nitrogens is 2. The molecule has 0 aliphatic carbocycles. The molecular weight excluding hydrogens is 378 g/mol. The zero-order valence-corrected chi connectivity index (χ0v) is 16.4. The van der Waals surface area contributed by atoms with E-state index in [2.05, 4.69) is 46.8 Å². The van der Waals surface area contributed by atoms with Gasteiger partial charge in [0.25, 0.3) is 0 Å². The van der Waals surface area contributed by atoms with E-state index in [0.717, 1.165) is 23.0 Å². The Balaban J connectivity index is 1.71. The fourth-order valence-corrected chi connectivity index (χ4v) is 4.86. The third-order valence-corrected chi connectivity index (χ3v) is 6.50. The molecule has 3 aromatic carbocycles. The van der Waals surface area contributed by atoms with Gasteiger partial charge >= 0.3 is 0 Å². The number of primary sulfonamides is 1. The number of fused-ring (bicyclic) bond motifs is 2. The average molecular weight is 398 g/mol. The third-order valence-electron chi connectivity index (χ3n) is 4.57. The van der Waals surface area contributed by atoms with Crippen molar-refractivity contribution in [3.8, 4) is 0 Å². The summed E-state index contributed by atoms with van der Waals surface area (Å²) < 4.78 is 25.3. The molecule has 0 radical (unpaired) electrons. The minimum atomic E-state index is -3.74. The van der Waals surface area contributed by atoms with Crippen LogP contribution in [0.1, 0.15) is 12.5 Å². The fourth-order valence-electron chi connectivity index (χ4n) is 3.24. The summed E-state index contributed by atoms with van der Waals surface area (Å²) in [5, 5.41) is 8.57. The first-order valence-electron chi connectivity index (χ1n) is 8.60. The number of thioether (sulfide) groups is 1. The van der Waals surface area contributed by atoms with Crippen molar-refractivity contribution in [1.29, 1.82) is 0 Å². The first-order valence-corrected chi connectivity index (χ1v) is 11.1. The van der Waals surface area contributed by atoms with Gasteiger partial charge in [0.1, 0.15) is 0 Å². The first-order chi connectivity index (χ1) is 13.0. The molecule has 2 N–H and O–H groups in total. The van der Waals surface area contributed by atoms with Gasteiger partial charge in [0.15, 0.2) is 5.16 Å². The van der Waals surface area contributed by atoms with E-state index in [0.29, 0.717) is 5.52 Å². The SMILES string of the molecule is CCn1c(SCc2cccc3ccccc23)nc2cc(S(N)(=O)=O)ccc21. The molecule has 0 aliphatic heterocycles. The highest BCUT2D eigenvalue weighted by atomic mass is 32.2. The van der Waals surface area contributed by atoms with Crippen LogP contribution >= 0.6 is 11.8 Å². The van der Waals surface area contributed by atoms with E-state index in [9.17, 15) is 8.42 Å². The van der Waals surface area contributed by atoms with Gasteiger partial charge in [0.2, 0.25) is 10.0 Å². The number of aryl methyl sites for hydroxylation is 1. The van der Waals surface area contributed by atoms with Crippen LogP contribution in [0.4, 0.5) is 0 Å². The Kier molecular flexibility index (Phi) is 4.67. The largest absolute Gasteiger partial charge is 0.319 e. The van der Waals surface area contributed by atoms with Crippen molar-refractivity contribution in [1.82, 2.24) is 9.55 Å². The Bertz CT molecular complexity index is 1240. The second kappa shape index (κ2) is 6.99. The molecule has 0 spiro atoms. The molecule has 0 aliphatic rings. The quantitative estimate of drug-likeness (QED) is 0.513. The summed E-state index contributed by atoms with van der Waals surface area (Å²) in [7, 11) is -3.74. The van der Waals surface area contributed by atoms with E-state index >= 15 is 0 Å². The molecule has 27 heavy (non-hydrogen) atoms. The lowest BCUT2D eigenvalue weighted by molar-refractivity contribution is 0.598. The van der Waals surface area contributed by atoms with E-state index in [-0.39, 0.29) is 4.90 Å². The van der Waals surface area contributed by atoms with Crippen LogP contribution in [0.2, 0.25) is 0 Å². The molecule has 138 valence electrons. The zero-order chi connectivity index (χ0) is 19.0. The lowest BCUT2D eigenvalue weighted by Gasteiger charge is -2.08. The van der Waals surface area contributed by atoms with Crippen LogP contribution < -0.4 is 5.14 Å². The molecule has 0 unspecified atom stereocenters. The molecule has 7 heteroatoms. The van der Waals surface area contributed by atoms with Crippen molar-refractivity contribution in [2.75, 3.05) is 0 Å². The first kappa shape index (κ1) is 18.0. The summed E-state index contributed by atoms with van der Waals surface area (Å²) in [6.45, 7) is 2.81. The predicted molar refractivity (Wildman–Crippen MR) is 110 cm³/mol. The van der Waals surface area contributed by atoms with Crippen LogP contribution in [0, 0.1) is 0 Å². The fraction of sp³-hybridized carbons (Fsp3) is 0.150. The number of sulfonamides is 1. The number of rotatable bonds is 5. The van der Waals surface area contributed by atoms with Gasteiger partial charge in [-0.05, 0) is 41.5 Å². The standard InChI is InChI=1S/C20H19N3O2S2/c1-2-23-19-11-10-16(27(21,24)25)12-18(19)22-20(23)26-13-15-8-5-7-14-6-3-4-9-17(14)15/h3-12H,2,13H2,1H3,(H2,21,24,25). The third kappa shape index (κ3) is 3.45. The highest BCUT2D eigenvalue weighted by molar-refractivity contribution is 7.98. The molecule has 1 heterocycles. The minimum Gasteiger partial charge on any atom is -0.319 e. The Hall–Kier alpha value is -2.35. The average Bonchev–Trinajstić information content (AvgIpc) is 3.02. The van der Waals surface area contributed by atoms with Crippen LogP contribution in [-0.4, -0.2) is 18.0 Å². The highest BCUT2D eigenvalue weighted by Gasteiger charge is 2.15. The van der Waals surface area contributed by atoms with Crippen molar-refractivity contribution in [2.24, 2.45) is 5.14 Å². The van der Waals surface area contributed by atoms with Gasteiger partial charge in [0, 0.05) is 12.3 Å². The minimum absolute atomic E-state index is 0.0846. The number of hydrogen-bond donors (Lipinski definition) is 1. The van der Waals surface area contributed by atoms with Crippen LogP contribution in [0.15, 0.2) is 70.7 Å². The molecule has 4 aromatic rings. The Morgan fingerprint density at radius 2 is 1.85 bits per heavy atom. The van der Waals surface area contributed by atoms with Crippen molar-refractivity contribution in [2.45, 2.75) is 29.3 Å². The highest BCUT2D eigenvalue weighted by Crippen LogP contribution is 2.30. The summed E-state index contributed by atoms with van der Waals surface area (Å²) in [5.41, 5.74) is 2.80. The van der Waals surface area contributed by atoms with Gasteiger partial charge in [-0.1, -0.05) is 54.2 Å². The molecule has 5 nitrogen and oxygen atoms in total. The monoisotopic (exact) mass is 397 g/mol. The molecule has 0 saturated carbocycles. The van der Waals surface area contributed by atoms with Gasteiger partial charge in [0.05, 0.1) is 15.9 Å². The molecule has 0 atom stereocenters. The Labute approximate surface area is 162 Å². The molecule has 0 bridgehead atoms. The number of benzene rings is 3. The van der Waals surface area contributed by atoms with E-state index in [4.69, 9.17) is 5.14 Å². The van der Waals surface area contributed by atoms with Crippen LogP contribution in [0.3, 0.4) is 0 Å². The van der Waals surface area contributed by atoms with Crippen molar-refractivity contribution in [3.05, 3.63) is 66.2 Å². The van der Waals surface area contributed by atoms with Gasteiger partial charge < -0.3 is 4.57 Å². The normalized spacial score (nSPS) is 12.1. The van der Waals surface area contributed by atoms with E-state index in [1.165, 1.54) is 22.4 Å². The van der Waals surface area contributed by atoms with Crippen LogP contribution in [0.25, 0.3) is 21.8 Å². The summed E-state index contributed by atoms with van der Waals surface area (Å²) in [6, 6.07) is 19.5. The van der Waals surface area contributed by atoms with E-state index in [1.807, 2.05) is 12.1 Å². The van der Waals surface area contributed by atoms with E-state index < -0.39 is 10.0 Å². The Morgan fingerprint density at radius 1 is 1.07 bits per heavy atom. The summed E-state index contributed by atoms with van der Waals surface area (Å²) in [6.07, 6.45) is 0. The number of imidazole rings is 1. The second-order valence-corrected chi connectivity index (χ2v) is 8.77. The smallest absolute Gasteiger partial charge is 0.238 e. The van der Waals surface area contributed by atoms with Gasteiger partial charge in [-0.2, -0.15) is 0 Å². The number of nitrogens with zero attached hydrogens (tertiary/aromatic N) is 2. The van der Waals surface area contributed by atoms with E-state index in [1.54, 1.807) is 23.9 Å². The molecule has 0 fully saturated rings. The Morgan fingerprint density at radius 3 is 2.63 bits per heavy atom. The van der Waals surface area contributed by atoms with Gasteiger partial charge in [-0.3, -0.25) is 0 Å². The summed E-state index contributed by atoms with van der Waals surface area (Å²) >= 11 is 1.65. The van der Waals surface area contributed by atoms with Crippen LogP contribution in [0.5, 0.6) is 0 Å². The lowest BCUT2D eigenvalue weighted by atomic mass is 10.1. The van der Waals surface area contributed by atoms with Crippen molar-refractivity contribution < 1.29 is 8.42 Å². The predicted octanol–water partition coefficient (Wildman–Crippen LogP) is 4.15. The maximum Gasteiger partial charge on any atom is 0.238 e. The molecular formula is C20H19N3O2S2. The second-order valence-electron chi connectivity index (χ2n) is 6.26. The van der Waals surface area contributed by atoms with Crippen molar-refractivity contribution in [3.63, 3.8) is 0 Å². The van der Waals surface area contributed by atoms with Crippen LogP contribution in [-0.2, 0) is 22.3 Å². The maximum absolute atomic E-state index is 11.6. The lowest BCUT2D eigenvalue weighted by Crippen LogP contribution is -2.11. The number of hydrogen-bond acceptors (Lipinski definition) is 4. The molecule has 1 aromatic heterocycles. The van der Waals surface area contributed by atoms with Crippen molar-refractivity contribution >= 4 is 43.6 Å². The molecule has 4 rings (SSSR count). The molecule has 0 amide bonds. The van der Waals surface area contributed by atoms with Gasteiger partial charge in [-0.25, -0.2) is 18.5 Å².